The van der Waals surface area contributed by atoms with Gasteiger partial charge in [0, 0.05) is 25.5 Å². The molecule has 1 aromatic heterocycles. The largest absolute Gasteiger partial charge is 0.326 e. The van der Waals surface area contributed by atoms with E-state index in [-0.39, 0.29) is 5.91 Å². The van der Waals surface area contributed by atoms with E-state index in [0.29, 0.717) is 12.1 Å². The van der Waals surface area contributed by atoms with Crippen molar-refractivity contribution in [2.75, 3.05) is 5.32 Å². The molecular formula is C15H20N4O. The molecule has 0 spiro atoms. The second-order valence-corrected chi connectivity index (χ2v) is 4.82. The zero-order valence-corrected chi connectivity index (χ0v) is 12.1. The Morgan fingerprint density at radius 3 is 2.85 bits per heavy atom. The molecule has 106 valence electrons. The maximum atomic E-state index is 12.4. The number of hydrogen-bond donors (Lipinski definition) is 2. The van der Waals surface area contributed by atoms with Crippen molar-refractivity contribution >= 4 is 11.6 Å². The summed E-state index contributed by atoms with van der Waals surface area (Å²) in [5, 5.41) is 7.23. The number of nitrogens with one attached hydrogen (secondary N) is 1. The summed E-state index contributed by atoms with van der Waals surface area (Å²) >= 11 is 0. The molecule has 5 heteroatoms. The predicted molar refractivity (Wildman–Crippen MR) is 79.6 cm³/mol. The lowest BCUT2D eigenvalue weighted by atomic mass is 10.1. The number of nitrogens with zero attached hydrogens (tertiary/aromatic N) is 2. The van der Waals surface area contributed by atoms with Crippen LogP contribution in [0.15, 0.2) is 24.4 Å². The lowest BCUT2D eigenvalue weighted by Gasteiger charge is -2.09. The van der Waals surface area contributed by atoms with Crippen LogP contribution < -0.4 is 11.1 Å². The van der Waals surface area contributed by atoms with Crippen LogP contribution in [0.1, 0.15) is 34.1 Å². The topological polar surface area (TPSA) is 72.9 Å². The first-order valence-electron chi connectivity index (χ1n) is 6.68. The molecule has 1 amide bonds. The van der Waals surface area contributed by atoms with Gasteiger partial charge in [0.05, 0.1) is 11.3 Å². The SMILES string of the molecule is CCc1nn(C)cc1C(=O)Nc1cc(CN)ccc1C. The van der Waals surface area contributed by atoms with Gasteiger partial charge in [-0.1, -0.05) is 19.1 Å². The smallest absolute Gasteiger partial charge is 0.259 e. The molecule has 0 fully saturated rings. The van der Waals surface area contributed by atoms with Crippen LogP contribution in [0.2, 0.25) is 0 Å². The van der Waals surface area contributed by atoms with Gasteiger partial charge in [-0.05, 0) is 30.5 Å². The fourth-order valence-electron chi connectivity index (χ4n) is 2.11. The number of benzene rings is 1. The molecule has 5 nitrogen and oxygen atoms in total. The summed E-state index contributed by atoms with van der Waals surface area (Å²) in [6.45, 7) is 4.40. The standard InChI is InChI=1S/C15H20N4O/c1-4-13-12(9-19(3)18-13)15(20)17-14-7-11(8-16)6-5-10(14)2/h5-7,9H,4,8,16H2,1-3H3,(H,17,20). The Morgan fingerprint density at radius 2 is 2.20 bits per heavy atom. The fraction of sp³-hybridized carbons (Fsp3) is 0.333. The number of nitrogens with two attached hydrogens (primary N) is 1. The van der Waals surface area contributed by atoms with Crippen molar-refractivity contribution in [2.24, 2.45) is 12.8 Å². The van der Waals surface area contributed by atoms with Gasteiger partial charge in [-0.25, -0.2) is 0 Å². The minimum Gasteiger partial charge on any atom is -0.326 e. The van der Waals surface area contributed by atoms with Crippen molar-refractivity contribution in [3.05, 3.63) is 46.8 Å². The van der Waals surface area contributed by atoms with Crippen molar-refractivity contribution in [3.63, 3.8) is 0 Å². The highest BCUT2D eigenvalue weighted by atomic mass is 16.1. The van der Waals surface area contributed by atoms with E-state index < -0.39 is 0 Å². The Hall–Kier alpha value is -2.14. The fourth-order valence-corrected chi connectivity index (χ4v) is 2.11. The number of aromatic nitrogens is 2. The first-order valence-corrected chi connectivity index (χ1v) is 6.68. The Bertz CT molecular complexity index is 631. The van der Waals surface area contributed by atoms with Crippen molar-refractivity contribution in [1.29, 1.82) is 0 Å². The number of anilines is 1. The van der Waals surface area contributed by atoms with Crippen LogP contribution in [0.25, 0.3) is 0 Å². The summed E-state index contributed by atoms with van der Waals surface area (Å²) in [4.78, 5) is 12.4. The van der Waals surface area contributed by atoms with Gasteiger partial charge in [-0.2, -0.15) is 5.10 Å². The molecule has 2 aromatic rings. The summed E-state index contributed by atoms with van der Waals surface area (Å²) in [5.41, 5.74) is 9.86. The number of amides is 1. The van der Waals surface area contributed by atoms with Gasteiger partial charge in [-0.15, -0.1) is 0 Å². The molecule has 0 saturated carbocycles. The third-order valence-electron chi connectivity index (χ3n) is 3.27. The van der Waals surface area contributed by atoms with E-state index in [1.165, 1.54) is 0 Å². The van der Waals surface area contributed by atoms with Gasteiger partial charge in [0.1, 0.15) is 0 Å². The average Bonchev–Trinajstić information content (AvgIpc) is 2.82. The van der Waals surface area contributed by atoms with E-state index in [4.69, 9.17) is 5.73 Å². The molecule has 0 unspecified atom stereocenters. The molecule has 1 aromatic carbocycles. The average molecular weight is 272 g/mol. The second kappa shape index (κ2) is 5.88. The predicted octanol–water partition coefficient (Wildman–Crippen LogP) is 2.00. The molecule has 2 rings (SSSR count). The normalized spacial score (nSPS) is 10.6. The summed E-state index contributed by atoms with van der Waals surface area (Å²) in [5.74, 6) is -0.132. The van der Waals surface area contributed by atoms with Crippen LogP contribution >= 0.6 is 0 Å². The van der Waals surface area contributed by atoms with Crippen molar-refractivity contribution in [3.8, 4) is 0 Å². The Morgan fingerprint density at radius 1 is 1.45 bits per heavy atom. The third kappa shape index (κ3) is 2.88. The zero-order chi connectivity index (χ0) is 14.7. The summed E-state index contributed by atoms with van der Waals surface area (Å²) < 4.78 is 1.66. The number of hydrogen-bond acceptors (Lipinski definition) is 3. The maximum Gasteiger partial charge on any atom is 0.259 e. The van der Waals surface area contributed by atoms with Crippen LogP contribution in [0, 0.1) is 6.92 Å². The Balaban J connectivity index is 2.27. The van der Waals surface area contributed by atoms with E-state index in [1.807, 2.05) is 39.1 Å². The lowest BCUT2D eigenvalue weighted by molar-refractivity contribution is 0.102. The van der Waals surface area contributed by atoms with Gasteiger partial charge in [-0.3, -0.25) is 9.48 Å². The minimum atomic E-state index is -0.132. The molecule has 0 aliphatic rings. The molecule has 0 aliphatic heterocycles. The molecule has 0 bridgehead atoms. The summed E-state index contributed by atoms with van der Waals surface area (Å²) in [7, 11) is 1.82. The van der Waals surface area contributed by atoms with Gasteiger partial charge in [0.15, 0.2) is 0 Å². The minimum absolute atomic E-state index is 0.132. The molecule has 0 aliphatic carbocycles. The molecule has 0 atom stereocenters. The van der Waals surface area contributed by atoms with Gasteiger partial charge in [0.2, 0.25) is 0 Å². The molecule has 3 N–H and O–H groups in total. The van der Waals surface area contributed by atoms with E-state index in [9.17, 15) is 4.79 Å². The monoisotopic (exact) mass is 272 g/mol. The van der Waals surface area contributed by atoms with Crippen LogP contribution in [0.3, 0.4) is 0 Å². The van der Waals surface area contributed by atoms with Gasteiger partial charge >= 0.3 is 0 Å². The van der Waals surface area contributed by atoms with Crippen molar-refractivity contribution in [1.82, 2.24) is 9.78 Å². The van der Waals surface area contributed by atoms with Crippen LogP contribution in [0.4, 0.5) is 5.69 Å². The summed E-state index contributed by atoms with van der Waals surface area (Å²) in [6.07, 6.45) is 2.47. The molecular weight excluding hydrogens is 252 g/mol. The van der Waals surface area contributed by atoms with Crippen LogP contribution in [0.5, 0.6) is 0 Å². The highest BCUT2D eigenvalue weighted by Gasteiger charge is 2.15. The number of rotatable bonds is 4. The molecule has 0 saturated heterocycles. The number of carbonyl (C=O) groups excluding carboxylic acids is 1. The van der Waals surface area contributed by atoms with Crippen LogP contribution in [-0.2, 0) is 20.0 Å². The van der Waals surface area contributed by atoms with E-state index >= 15 is 0 Å². The zero-order valence-electron chi connectivity index (χ0n) is 12.1. The molecule has 0 radical (unpaired) electrons. The Labute approximate surface area is 118 Å². The first kappa shape index (κ1) is 14.3. The third-order valence-corrected chi connectivity index (χ3v) is 3.27. The lowest BCUT2D eigenvalue weighted by Crippen LogP contribution is -2.14. The van der Waals surface area contributed by atoms with Crippen LogP contribution in [-0.4, -0.2) is 15.7 Å². The Kier molecular flexibility index (Phi) is 4.20. The summed E-state index contributed by atoms with van der Waals surface area (Å²) in [6, 6.07) is 5.84. The van der Waals surface area contributed by atoms with Gasteiger partial charge in [0.25, 0.3) is 5.91 Å². The van der Waals surface area contributed by atoms with E-state index in [0.717, 1.165) is 28.9 Å². The first-order chi connectivity index (χ1) is 9.55. The highest BCUT2D eigenvalue weighted by molar-refractivity contribution is 6.05. The quantitative estimate of drug-likeness (QED) is 0.894. The second-order valence-electron chi connectivity index (χ2n) is 4.82. The number of carbonyl (C=O) groups is 1. The van der Waals surface area contributed by atoms with Crippen molar-refractivity contribution in [2.45, 2.75) is 26.8 Å². The van der Waals surface area contributed by atoms with Gasteiger partial charge < -0.3 is 11.1 Å². The van der Waals surface area contributed by atoms with Crippen molar-refractivity contribution < 1.29 is 4.79 Å². The van der Waals surface area contributed by atoms with E-state index in [2.05, 4.69) is 10.4 Å². The van der Waals surface area contributed by atoms with E-state index in [1.54, 1.807) is 10.9 Å². The maximum absolute atomic E-state index is 12.4. The highest BCUT2D eigenvalue weighted by Crippen LogP contribution is 2.18. The number of aryl methyl sites for hydroxylation is 3. The molecule has 20 heavy (non-hydrogen) atoms. The molecule has 1 heterocycles.